The average Bonchev–Trinajstić information content (AvgIpc) is 3.42. The van der Waals surface area contributed by atoms with Crippen LogP contribution in [0.4, 0.5) is 9.59 Å². The average molecular weight is 433 g/mol. The van der Waals surface area contributed by atoms with Gasteiger partial charge in [0.1, 0.15) is 0 Å². The summed E-state index contributed by atoms with van der Waals surface area (Å²) in [4.78, 5) is 27.8. The molecule has 0 N–H and O–H groups in total. The highest BCUT2D eigenvalue weighted by molar-refractivity contribution is 7.25. The second-order valence-corrected chi connectivity index (χ2v) is 11.9. The first-order chi connectivity index (χ1) is 15.1. The monoisotopic (exact) mass is 432 g/mol. The molecule has 0 saturated carbocycles. The van der Waals surface area contributed by atoms with Crippen molar-refractivity contribution >= 4 is 31.4 Å². The first-order valence-electron chi connectivity index (χ1n) is 11.0. The van der Waals surface area contributed by atoms with E-state index in [4.69, 9.17) is 9.47 Å². The lowest BCUT2D eigenvalue weighted by Crippen LogP contribution is -2.61. The molecule has 31 heavy (non-hydrogen) atoms. The van der Waals surface area contributed by atoms with Gasteiger partial charge in [-0.2, -0.15) is 0 Å². The quantitative estimate of drug-likeness (QED) is 0.454. The smallest absolute Gasteiger partial charge is 0.333 e. The molecular weight excluding hydrogens is 404 g/mol. The third-order valence-electron chi connectivity index (χ3n) is 6.13. The molecule has 2 atom stereocenters. The molecule has 0 bridgehead atoms. The van der Waals surface area contributed by atoms with Crippen LogP contribution in [0.15, 0.2) is 60.7 Å². The fourth-order valence-corrected chi connectivity index (χ4v) is 9.26. The lowest BCUT2D eigenvalue weighted by Gasteiger charge is -2.36. The SMILES string of the molecule is CCCOC(=O)[Si](C(=O)OCCC)(C1C=Cc2ccccc21)C1C=Cc2ccccc21. The van der Waals surface area contributed by atoms with Crippen LogP contribution in [0.2, 0.25) is 0 Å². The highest BCUT2D eigenvalue weighted by Gasteiger charge is 2.65. The van der Waals surface area contributed by atoms with Crippen molar-refractivity contribution < 1.29 is 19.1 Å². The molecule has 2 aromatic rings. The molecule has 0 amide bonds. The van der Waals surface area contributed by atoms with E-state index in [2.05, 4.69) is 0 Å². The molecule has 0 saturated heterocycles. The maximum Gasteiger partial charge on any atom is 0.333 e. The Morgan fingerprint density at radius 3 is 1.58 bits per heavy atom. The first kappa shape index (κ1) is 21.3. The van der Waals surface area contributed by atoms with Crippen LogP contribution in [-0.4, -0.2) is 32.5 Å². The number of rotatable bonds is 8. The molecule has 2 unspecified atom stereocenters. The number of carbonyl (C=O) groups excluding carboxylic acids is 2. The number of hydrogen-bond acceptors (Lipinski definition) is 4. The Morgan fingerprint density at radius 1 is 0.742 bits per heavy atom. The Hall–Kier alpha value is -2.92. The fraction of sp³-hybridized carbons (Fsp3) is 0.308. The van der Waals surface area contributed by atoms with Gasteiger partial charge in [0, 0.05) is 11.1 Å². The molecular formula is C26H28O4Si. The molecule has 0 spiro atoms. The van der Waals surface area contributed by atoms with Crippen LogP contribution < -0.4 is 0 Å². The van der Waals surface area contributed by atoms with Crippen LogP contribution in [0.1, 0.15) is 60.0 Å². The van der Waals surface area contributed by atoms with Crippen LogP contribution in [0.25, 0.3) is 12.2 Å². The lowest BCUT2D eigenvalue weighted by molar-refractivity contribution is 0.159. The summed E-state index contributed by atoms with van der Waals surface area (Å²) in [6.45, 7) is 4.51. The van der Waals surface area contributed by atoms with E-state index in [0.29, 0.717) is 26.1 Å². The third kappa shape index (κ3) is 3.57. The van der Waals surface area contributed by atoms with E-state index in [9.17, 15) is 9.59 Å². The van der Waals surface area contributed by atoms with Gasteiger partial charge in [0.2, 0.25) is 0 Å². The normalized spacial score (nSPS) is 18.5. The van der Waals surface area contributed by atoms with Gasteiger partial charge in [-0.25, -0.2) is 0 Å². The van der Waals surface area contributed by atoms with E-state index in [-0.39, 0.29) is 22.3 Å². The van der Waals surface area contributed by atoms with Gasteiger partial charge in [-0.3, -0.25) is 9.59 Å². The van der Waals surface area contributed by atoms with Crippen LogP contribution in [-0.2, 0) is 9.47 Å². The number of ether oxygens (including phenoxy) is 2. The number of benzene rings is 2. The predicted octanol–water partition coefficient (Wildman–Crippen LogP) is 6.39. The predicted molar refractivity (Wildman–Crippen MR) is 125 cm³/mol. The summed E-state index contributed by atoms with van der Waals surface area (Å²) >= 11 is 0. The zero-order chi connectivity index (χ0) is 21.8. The molecule has 2 aliphatic rings. The highest BCUT2D eigenvalue weighted by atomic mass is 28.3. The zero-order valence-electron chi connectivity index (χ0n) is 18.0. The number of carbonyl (C=O) groups is 2. The summed E-state index contributed by atoms with van der Waals surface area (Å²) in [7, 11) is -3.61. The van der Waals surface area contributed by atoms with E-state index in [0.717, 1.165) is 22.3 Å². The fourth-order valence-electron chi connectivity index (χ4n) is 4.71. The van der Waals surface area contributed by atoms with Gasteiger partial charge < -0.3 is 9.47 Å². The van der Waals surface area contributed by atoms with Crippen molar-refractivity contribution in [1.82, 2.24) is 0 Å². The molecule has 4 rings (SSSR count). The second-order valence-electron chi connectivity index (χ2n) is 8.07. The molecule has 2 aliphatic carbocycles. The summed E-state index contributed by atoms with van der Waals surface area (Å²) in [5.74, 6) is 0. The molecule has 2 aromatic carbocycles. The minimum atomic E-state index is -3.61. The summed E-state index contributed by atoms with van der Waals surface area (Å²) in [6, 6.07) is 16.0. The zero-order valence-corrected chi connectivity index (χ0v) is 19.0. The van der Waals surface area contributed by atoms with Gasteiger partial charge in [-0.1, -0.05) is 86.7 Å². The summed E-state index contributed by atoms with van der Waals surface area (Å²) in [5, 5.41) is 0. The van der Waals surface area contributed by atoms with Crippen molar-refractivity contribution in [1.29, 1.82) is 0 Å². The molecule has 0 fully saturated rings. The Kier molecular flexibility index (Phi) is 6.23. The van der Waals surface area contributed by atoms with Gasteiger partial charge in [0.05, 0.1) is 13.2 Å². The minimum absolute atomic E-state index is 0.296. The van der Waals surface area contributed by atoms with Crippen molar-refractivity contribution in [2.24, 2.45) is 0 Å². The van der Waals surface area contributed by atoms with Crippen molar-refractivity contribution in [2.45, 2.75) is 37.8 Å². The van der Waals surface area contributed by atoms with Gasteiger partial charge in [-0.15, -0.1) is 0 Å². The van der Waals surface area contributed by atoms with Crippen LogP contribution in [0, 0.1) is 0 Å². The molecule has 0 aromatic heterocycles. The number of fused-ring (bicyclic) bond motifs is 2. The van der Waals surface area contributed by atoms with Gasteiger partial charge in [-0.05, 0) is 35.1 Å². The minimum Gasteiger partial charge on any atom is -0.469 e. The van der Waals surface area contributed by atoms with E-state index in [1.54, 1.807) is 0 Å². The Bertz CT molecular complexity index is 956. The topological polar surface area (TPSA) is 52.6 Å². The molecule has 5 heteroatoms. The maximum absolute atomic E-state index is 13.9. The van der Waals surface area contributed by atoms with Crippen LogP contribution >= 0.6 is 0 Å². The number of allylic oxidation sites excluding steroid dienone is 2. The van der Waals surface area contributed by atoms with Gasteiger partial charge >= 0.3 is 8.07 Å². The van der Waals surface area contributed by atoms with Crippen LogP contribution in [0.3, 0.4) is 0 Å². The van der Waals surface area contributed by atoms with E-state index >= 15 is 0 Å². The Balaban J connectivity index is 1.92. The van der Waals surface area contributed by atoms with Crippen LogP contribution in [0.5, 0.6) is 0 Å². The first-order valence-corrected chi connectivity index (χ1v) is 13.2. The van der Waals surface area contributed by atoms with Gasteiger partial charge in [0.25, 0.3) is 11.2 Å². The standard InChI is InChI=1S/C26H28O4Si/c1-3-17-29-25(27)31(26(28)30-18-4-2,23-15-13-19-9-5-7-11-21(19)23)24-16-14-20-10-6-8-12-22(20)24/h5-16,23-24H,3-4,17-18H2,1-2H3. The second kappa shape index (κ2) is 9.06. The lowest BCUT2D eigenvalue weighted by atomic mass is 10.1. The van der Waals surface area contributed by atoms with Gasteiger partial charge in [0.15, 0.2) is 0 Å². The summed E-state index contributed by atoms with van der Waals surface area (Å²) < 4.78 is 11.5. The molecule has 0 heterocycles. The van der Waals surface area contributed by atoms with E-state index in [1.165, 1.54) is 0 Å². The van der Waals surface area contributed by atoms with Crippen molar-refractivity contribution in [3.8, 4) is 0 Å². The molecule has 160 valence electrons. The van der Waals surface area contributed by atoms with Crippen molar-refractivity contribution in [3.63, 3.8) is 0 Å². The van der Waals surface area contributed by atoms with Crippen molar-refractivity contribution in [2.75, 3.05) is 13.2 Å². The summed E-state index contributed by atoms with van der Waals surface area (Å²) in [6.07, 6.45) is 9.49. The molecule has 0 radical (unpaired) electrons. The van der Waals surface area contributed by atoms with E-state index < -0.39 is 8.07 Å². The number of hydrogen-bond donors (Lipinski definition) is 0. The van der Waals surface area contributed by atoms with E-state index in [1.807, 2.05) is 86.7 Å². The Labute approximate surface area is 184 Å². The molecule has 0 aliphatic heterocycles. The molecule has 4 nitrogen and oxygen atoms in total. The largest absolute Gasteiger partial charge is 0.469 e. The highest BCUT2D eigenvalue weighted by Crippen LogP contribution is 2.48. The summed E-state index contributed by atoms with van der Waals surface area (Å²) in [5.41, 5.74) is 2.68. The maximum atomic E-state index is 13.9. The third-order valence-corrected chi connectivity index (χ3v) is 10.7. The van der Waals surface area contributed by atoms with Crippen molar-refractivity contribution in [3.05, 3.63) is 82.9 Å². The Morgan fingerprint density at radius 2 is 1.16 bits per heavy atom.